The normalized spacial score (nSPS) is 18.1. The summed E-state index contributed by atoms with van der Waals surface area (Å²) in [4.78, 5) is 80.2. The number of hydrogen-bond acceptors (Lipinski definition) is 6. The predicted octanol–water partition coefficient (Wildman–Crippen LogP) is 3.41. The molecule has 276 valence electrons. The number of nitrogens with one attached hydrogen (secondary N) is 4. The molecule has 1 rings (SSSR count). The fourth-order valence-electron chi connectivity index (χ4n) is 4.73. The molecule has 0 aromatic rings. The summed E-state index contributed by atoms with van der Waals surface area (Å²) in [5.74, 6) is -3.65. The lowest BCUT2D eigenvalue weighted by Gasteiger charge is -2.36. The molecule has 0 aliphatic carbocycles. The Balaban J connectivity index is 0.00000520. The number of hydrogen-bond donors (Lipinski definition) is 4. The van der Waals surface area contributed by atoms with Gasteiger partial charge in [0, 0.05) is 33.6 Å². The molecule has 1 aliphatic heterocycles. The van der Waals surface area contributed by atoms with Gasteiger partial charge >= 0.3 is 12.2 Å². The van der Waals surface area contributed by atoms with E-state index in [9.17, 15) is 41.9 Å². The number of amides is 6. The van der Waals surface area contributed by atoms with E-state index in [1.165, 1.54) is 36.9 Å². The number of rotatable bonds is 13. The molecule has 0 aromatic heterocycles. The Labute approximate surface area is 283 Å². The van der Waals surface area contributed by atoms with Crippen LogP contribution in [0.4, 0.5) is 18.0 Å². The van der Waals surface area contributed by atoms with Crippen LogP contribution in [-0.2, 0) is 24.0 Å². The van der Waals surface area contributed by atoms with E-state index in [-0.39, 0.29) is 37.3 Å². The Hall–Kier alpha value is -3.65. The molecule has 0 aromatic carbocycles. The summed E-state index contributed by atoms with van der Waals surface area (Å²) in [6, 6.07) is -5.83. The highest BCUT2D eigenvalue weighted by molar-refractivity contribution is 6.38. The van der Waals surface area contributed by atoms with E-state index < -0.39 is 78.1 Å². The van der Waals surface area contributed by atoms with Crippen molar-refractivity contribution >= 4 is 35.4 Å². The maximum atomic E-state index is 14.0. The number of urea groups is 1. The highest BCUT2D eigenvalue weighted by Gasteiger charge is 2.46. The van der Waals surface area contributed by atoms with Crippen LogP contribution in [0.15, 0.2) is 12.7 Å². The Morgan fingerprint density at radius 1 is 0.938 bits per heavy atom. The first-order chi connectivity index (χ1) is 21.8. The fraction of sp³-hybridized carbons (Fsp3) is 0.758. The van der Waals surface area contributed by atoms with Gasteiger partial charge in [0.15, 0.2) is 0 Å². The molecule has 0 radical (unpaired) electrons. The standard InChI is InChI=1S/C29H47F3N6O6.C4H10/c1-10-13-33-24(41)21(39)19(11-12-29(30,31)32)35-23(40)20-14-18(16(2)3)15-38(20)26(43)22(28(5,6)7)36-27(44)34-17(4)25(42)37(8)9;1-4(2)3/h10,16-20,22H,1,11-15H2,2-9H3,(H,33,41)(H,35,40)(H2,34,36,44);4H,1-3H3/t17?,18-,19?,20+,22?;/m1./s1. The second kappa shape index (κ2) is 19.4. The van der Waals surface area contributed by atoms with Crippen molar-refractivity contribution in [3.05, 3.63) is 12.7 Å². The van der Waals surface area contributed by atoms with Crippen LogP contribution in [0.2, 0.25) is 0 Å². The van der Waals surface area contributed by atoms with Crippen LogP contribution in [-0.4, -0.2) is 103 Å². The number of likely N-dealkylation sites (N-methyl/N-ethyl adjacent to an activating group) is 1. The minimum Gasteiger partial charge on any atom is -0.347 e. The number of nitrogens with zero attached hydrogens (tertiary/aromatic N) is 2. The highest BCUT2D eigenvalue weighted by Crippen LogP contribution is 2.32. The highest BCUT2D eigenvalue weighted by atomic mass is 19.4. The molecule has 5 atom stereocenters. The van der Waals surface area contributed by atoms with Gasteiger partial charge in [0.25, 0.3) is 5.91 Å². The predicted molar refractivity (Wildman–Crippen MR) is 177 cm³/mol. The first kappa shape index (κ1) is 44.4. The Kier molecular flexibility index (Phi) is 17.9. The van der Waals surface area contributed by atoms with Crippen molar-refractivity contribution in [1.29, 1.82) is 0 Å². The van der Waals surface area contributed by atoms with E-state index in [1.54, 1.807) is 20.8 Å². The van der Waals surface area contributed by atoms with E-state index in [0.717, 1.165) is 5.92 Å². The molecule has 1 aliphatic rings. The first-order valence-corrected chi connectivity index (χ1v) is 16.2. The molecule has 0 saturated carbocycles. The van der Waals surface area contributed by atoms with Crippen molar-refractivity contribution in [2.45, 2.75) is 112 Å². The molecule has 0 bridgehead atoms. The summed E-state index contributed by atoms with van der Waals surface area (Å²) in [6.07, 6.45) is -5.53. The second-order valence-corrected chi connectivity index (χ2v) is 14.4. The number of carbonyl (C=O) groups excluding carboxylic acids is 6. The van der Waals surface area contributed by atoms with E-state index in [1.807, 2.05) is 13.8 Å². The van der Waals surface area contributed by atoms with Gasteiger partial charge < -0.3 is 31.1 Å². The molecule has 1 saturated heterocycles. The fourth-order valence-corrected chi connectivity index (χ4v) is 4.73. The summed E-state index contributed by atoms with van der Waals surface area (Å²) in [6.45, 7) is 20.3. The number of ketones is 1. The van der Waals surface area contributed by atoms with Crippen molar-refractivity contribution in [2.75, 3.05) is 27.2 Å². The van der Waals surface area contributed by atoms with Crippen molar-refractivity contribution in [3.8, 4) is 0 Å². The van der Waals surface area contributed by atoms with E-state index in [4.69, 9.17) is 0 Å². The Morgan fingerprint density at radius 2 is 1.48 bits per heavy atom. The molecule has 0 spiro atoms. The molecule has 4 N–H and O–H groups in total. The SMILES string of the molecule is C=CCNC(=O)C(=O)C(CCC(F)(F)F)NC(=O)[C@@H]1C[C@@H](C(C)C)CN1C(=O)C(NC(=O)NC(C)C(=O)N(C)C)C(C)(C)C.CC(C)C. The van der Waals surface area contributed by atoms with Crippen LogP contribution in [0.25, 0.3) is 0 Å². The minimum atomic E-state index is -4.65. The topological polar surface area (TPSA) is 157 Å². The number of likely N-dealkylation sites (tertiary alicyclic amines) is 1. The smallest absolute Gasteiger partial charge is 0.347 e. The van der Waals surface area contributed by atoms with Crippen molar-refractivity contribution < 1.29 is 41.9 Å². The van der Waals surface area contributed by atoms with Crippen molar-refractivity contribution in [1.82, 2.24) is 31.1 Å². The molecule has 1 fully saturated rings. The van der Waals surface area contributed by atoms with E-state index >= 15 is 0 Å². The van der Waals surface area contributed by atoms with Crippen LogP contribution in [0, 0.1) is 23.2 Å². The van der Waals surface area contributed by atoms with Gasteiger partial charge in [0.1, 0.15) is 18.1 Å². The summed E-state index contributed by atoms with van der Waals surface area (Å²) < 4.78 is 39.1. The van der Waals surface area contributed by atoms with Gasteiger partial charge in [-0.15, -0.1) is 6.58 Å². The van der Waals surface area contributed by atoms with Gasteiger partial charge in [0.2, 0.25) is 23.5 Å². The molecular weight excluding hydrogens is 633 g/mol. The summed E-state index contributed by atoms with van der Waals surface area (Å²) in [5, 5.41) is 9.60. The number of Topliss-reactive ketones (excluding diaryl/α,β-unsaturated/α-hetero) is 1. The van der Waals surface area contributed by atoms with Gasteiger partial charge in [-0.1, -0.05) is 61.5 Å². The van der Waals surface area contributed by atoms with Gasteiger partial charge in [-0.25, -0.2) is 4.79 Å². The first-order valence-electron chi connectivity index (χ1n) is 16.2. The quantitative estimate of drug-likeness (QED) is 0.172. The van der Waals surface area contributed by atoms with Crippen LogP contribution >= 0.6 is 0 Å². The monoisotopic (exact) mass is 690 g/mol. The van der Waals surface area contributed by atoms with Gasteiger partial charge in [-0.2, -0.15) is 13.2 Å². The lowest BCUT2D eigenvalue weighted by atomic mass is 9.85. The molecule has 3 unspecified atom stereocenters. The molecule has 15 heteroatoms. The van der Waals surface area contributed by atoms with E-state index in [0.29, 0.717) is 0 Å². The number of halogens is 3. The summed E-state index contributed by atoms with van der Waals surface area (Å²) in [7, 11) is 3.05. The van der Waals surface area contributed by atoms with Crippen molar-refractivity contribution in [3.63, 3.8) is 0 Å². The van der Waals surface area contributed by atoms with Crippen LogP contribution in [0.5, 0.6) is 0 Å². The zero-order valence-corrected chi connectivity index (χ0v) is 30.3. The molecule has 6 amide bonds. The molecule has 1 heterocycles. The lowest BCUT2D eigenvalue weighted by Crippen LogP contribution is -2.61. The largest absolute Gasteiger partial charge is 0.389 e. The van der Waals surface area contributed by atoms with Gasteiger partial charge in [-0.05, 0) is 42.9 Å². The zero-order chi connectivity index (χ0) is 37.7. The third-order valence-electron chi connectivity index (χ3n) is 7.39. The maximum absolute atomic E-state index is 14.0. The van der Waals surface area contributed by atoms with Crippen LogP contribution in [0.3, 0.4) is 0 Å². The average molecular weight is 691 g/mol. The van der Waals surface area contributed by atoms with Crippen LogP contribution in [0.1, 0.15) is 81.6 Å². The Morgan fingerprint density at radius 3 is 1.92 bits per heavy atom. The number of alkyl halides is 3. The lowest BCUT2D eigenvalue weighted by molar-refractivity contribution is -0.147. The molecular formula is C33H57F3N6O6. The van der Waals surface area contributed by atoms with Gasteiger partial charge in [-0.3, -0.25) is 24.0 Å². The van der Waals surface area contributed by atoms with E-state index in [2.05, 4.69) is 48.6 Å². The minimum absolute atomic E-state index is 0.0117. The van der Waals surface area contributed by atoms with Crippen LogP contribution < -0.4 is 21.3 Å². The summed E-state index contributed by atoms with van der Waals surface area (Å²) in [5.41, 5.74) is -0.866. The van der Waals surface area contributed by atoms with Gasteiger partial charge in [0.05, 0.1) is 6.04 Å². The Bertz CT molecular complexity index is 1130. The third-order valence-corrected chi connectivity index (χ3v) is 7.39. The maximum Gasteiger partial charge on any atom is 0.389 e. The van der Waals surface area contributed by atoms with Crippen molar-refractivity contribution in [2.24, 2.45) is 23.2 Å². The average Bonchev–Trinajstić information content (AvgIpc) is 3.40. The second-order valence-electron chi connectivity index (χ2n) is 14.4. The summed E-state index contributed by atoms with van der Waals surface area (Å²) >= 11 is 0. The molecule has 48 heavy (non-hydrogen) atoms. The zero-order valence-electron chi connectivity index (χ0n) is 30.3. The third kappa shape index (κ3) is 15.5. The molecule has 12 nitrogen and oxygen atoms in total. The number of carbonyl (C=O) groups is 6.